The van der Waals surface area contributed by atoms with Gasteiger partial charge in [0.2, 0.25) is 0 Å². The molecule has 0 aromatic heterocycles. The Morgan fingerprint density at radius 1 is 1.30 bits per heavy atom. The molecular weight excluding hydrogens is 244 g/mol. The summed E-state index contributed by atoms with van der Waals surface area (Å²) in [6, 6.07) is 9.47. The summed E-state index contributed by atoms with van der Waals surface area (Å²) in [4.78, 5) is 2.65. The standard InChI is InChI=1S/C18H30N2/c1-15(2)13-18-14-20(11-6-10-19-18)12-9-17-8-5-4-7-16(17)3/h4-5,7-8,15,18-19H,6,9-14H2,1-3H3. The van der Waals surface area contributed by atoms with Gasteiger partial charge in [-0.3, -0.25) is 0 Å². The number of benzene rings is 1. The van der Waals surface area contributed by atoms with E-state index in [2.05, 4.69) is 55.3 Å². The van der Waals surface area contributed by atoms with Crippen molar-refractivity contribution < 1.29 is 0 Å². The second-order valence-corrected chi connectivity index (χ2v) is 6.61. The van der Waals surface area contributed by atoms with Crippen LogP contribution in [0.3, 0.4) is 0 Å². The van der Waals surface area contributed by atoms with Crippen LogP contribution in [0, 0.1) is 12.8 Å². The van der Waals surface area contributed by atoms with Gasteiger partial charge in [0.1, 0.15) is 0 Å². The molecule has 2 rings (SSSR count). The lowest BCUT2D eigenvalue weighted by atomic mass is 10.0. The maximum Gasteiger partial charge on any atom is 0.0197 e. The van der Waals surface area contributed by atoms with Gasteiger partial charge in [-0.15, -0.1) is 0 Å². The van der Waals surface area contributed by atoms with Crippen molar-refractivity contribution in [2.75, 3.05) is 26.2 Å². The monoisotopic (exact) mass is 274 g/mol. The molecule has 1 aromatic rings. The zero-order valence-corrected chi connectivity index (χ0v) is 13.4. The molecule has 2 heteroatoms. The summed E-state index contributed by atoms with van der Waals surface area (Å²) in [5.41, 5.74) is 2.93. The van der Waals surface area contributed by atoms with Crippen molar-refractivity contribution in [2.24, 2.45) is 5.92 Å². The van der Waals surface area contributed by atoms with Crippen LogP contribution in [-0.4, -0.2) is 37.1 Å². The first-order chi connectivity index (χ1) is 9.65. The van der Waals surface area contributed by atoms with Crippen molar-refractivity contribution in [3.8, 4) is 0 Å². The zero-order chi connectivity index (χ0) is 14.4. The predicted molar refractivity (Wildman–Crippen MR) is 87.2 cm³/mol. The molecule has 0 aliphatic carbocycles. The van der Waals surface area contributed by atoms with Crippen LogP contribution in [0.4, 0.5) is 0 Å². The average molecular weight is 274 g/mol. The van der Waals surface area contributed by atoms with E-state index in [4.69, 9.17) is 0 Å². The van der Waals surface area contributed by atoms with Crippen molar-refractivity contribution in [3.05, 3.63) is 35.4 Å². The van der Waals surface area contributed by atoms with Crippen LogP contribution in [0.2, 0.25) is 0 Å². The van der Waals surface area contributed by atoms with Gasteiger partial charge >= 0.3 is 0 Å². The highest BCUT2D eigenvalue weighted by Gasteiger charge is 2.18. The Morgan fingerprint density at radius 3 is 2.85 bits per heavy atom. The number of hydrogen-bond donors (Lipinski definition) is 1. The largest absolute Gasteiger partial charge is 0.313 e. The summed E-state index contributed by atoms with van der Waals surface area (Å²) in [5, 5.41) is 3.71. The Hall–Kier alpha value is -0.860. The van der Waals surface area contributed by atoms with Crippen molar-refractivity contribution in [1.82, 2.24) is 10.2 Å². The molecular formula is C18H30N2. The topological polar surface area (TPSA) is 15.3 Å². The Kier molecular flexibility index (Phi) is 6.06. The number of aryl methyl sites for hydroxylation is 1. The summed E-state index contributed by atoms with van der Waals surface area (Å²) in [6.07, 6.45) is 3.75. The highest BCUT2D eigenvalue weighted by atomic mass is 15.2. The lowest BCUT2D eigenvalue weighted by Gasteiger charge is -2.25. The first-order valence-electron chi connectivity index (χ1n) is 8.15. The molecule has 0 saturated carbocycles. The molecule has 1 atom stereocenters. The second kappa shape index (κ2) is 7.80. The third-order valence-corrected chi connectivity index (χ3v) is 4.28. The molecule has 2 nitrogen and oxygen atoms in total. The minimum Gasteiger partial charge on any atom is -0.313 e. The van der Waals surface area contributed by atoms with Gasteiger partial charge < -0.3 is 10.2 Å². The fourth-order valence-corrected chi connectivity index (χ4v) is 3.18. The summed E-state index contributed by atoms with van der Waals surface area (Å²) in [5.74, 6) is 0.781. The average Bonchev–Trinajstić information content (AvgIpc) is 2.62. The lowest BCUT2D eigenvalue weighted by Crippen LogP contribution is -2.39. The van der Waals surface area contributed by atoms with Crippen molar-refractivity contribution in [3.63, 3.8) is 0 Å². The molecule has 1 heterocycles. The van der Waals surface area contributed by atoms with E-state index in [1.807, 2.05) is 0 Å². The highest BCUT2D eigenvalue weighted by molar-refractivity contribution is 5.25. The van der Waals surface area contributed by atoms with E-state index >= 15 is 0 Å². The van der Waals surface area contributed by atoms with Crippen molar-refractivity contribution in [2.45, 2.75) is 46.1 Å². The van der Waals surface area contributed by atoms with Crippen LogP contribution in [0.1, 0.15) is 37.8 Å². The number of nitrogens with zero attached hydrogens (tertiary/aromatic N) is 1. The second-order valence-electron chi connectivity index (χ2n) is 6.61. The number of hydrogen-bond acceptors (Lipinski definition) is 2. The SMILES string of the molecule is Cc1ccccc1CCN1CCCNC(CC(C)C)C1. The first kappa shape index (κ1) is 15.5. The van der Waals surface area contributed by atoms with Crippen LogP contribution in [0.25, 0.3) is 0 Å². The summed E-state index contributed by atoms with van der Waals surface area (Å²) >= 11 is 0. The maximum absolute atomic E-state index is 3.71. The van der Waals surface area contributed by atoms with E-state index in [9.17, 15) is 0 Å². The van der Waals surface area contributed by atoms with Gasteiger partial charge in [-0.1, -0.05) is 38.1 Å². The number of rotatable bonds is 5. The molecule has 1 aromatic carbocycles. The van der Waals surface area contributed by atoms with Crippen LogP contribution in [0.5, 0.6) is 0 Å². The molecule has 1 saturated heterocycles. The van der Waals surface area contributed by atoms with Crippen LogP contribution >= 0.6 is 0 Å². The minimum absolute atomic E-state index is 0.675. The molecule has 0 radical (unpaired) electrons. The maximum atomic E-state index is 3.71. The third kappa shape index (κ3) is 4.92. The van der Waals surface area contributed by atoms with Gasteiger partial charge in [-0.05, 0) is 56.3 Å². The molecule has 20 heavy (non-hydrogen) atoms. The van der Waals surface area contributed by atoms with E-state index in [1.165, 1.54) is 56.6 Å². The van der Waals surface area contributed by atoms with Gasteiger partial charge in [-0.25, -0.2) is 0 Å². The quantitative estimate of drug-likeness (QED) is 0.886. The summed E-state index contributed by atoms with van der Waals surface area (Å²) in [7, 11) is 0. The Labute approximate surface area is 124 Å². The fourth-order valence-electron chi connectivity index (χ4n) is 3.18. The van der Waals surface area contributed by atoms with Gasteiger partial charge in [0.25, 0.3) is 0 Å². The van der Waals surface area contributed by atoms with Gasteiger partial charge in [0, 0.05) is 19.1 Å². The third-order valence-electron chi connectivity index (χ3n) is 4.28. The molecule has 1 fully saturated rings. The van der Waals surface area contributed by atoms with E-state index in [-0.39, 0.29) is 0 Å². The molecule has 1 aliphatic heterocycles. The molecule has 1 N–H and O–H groups in total. The minimum atomic E-state index is 0.675. The molecule has 1 unspecified atom stereocenters. The van der Waals surface area contributed by atoms with Crippen LogP contribution < -0.4 is 5.32 Å². The molecule has 0 spiro atoms. The zero-order valence-electron chi connectivity index (χ0n) is 13.4. The van der Waals surface area contributed by atoms with E-state index in [1.54, 1.807) is 0 Å². The van der Waals surface area contributed by atoms with E-state index in [0.29, 0.717) is 6.04 Å². The molecule has 112 valence electrons. The van der Waals surface area contributed by atoms with E-state index in [0.717, 1.165) is 5.92 Å². The van der Waals surface area contributed by atoms with Crippen LogP contribution in [0.15, 0.2) is 24.3 Å². The Bertz CT molecular complexity index is 400. The molecule has 1 aliphatic rings. The van der Waals surface area contributed by atoms with E-state index < -0.39 is 0 Å². The Morgan fingerprint density at radius 2 is 2.10 bits per heavy atom. The van der Waals surface area contributed by atoms with Crippen molar-refractivity contribution >= 4 is 0 Å². The molecule has 0 amide bonds. The lowest BCUT2D eigenvalue weighted by molar-refractivity contribution is 0.258. The summed E-state index contributed by atoms with van der Waals surface area (Å²) in [6.45, 7) is 11.7. The first-order valence-corrected chi connectivity index (χ1v) is 8.15. The predicted octanol–water partition coefficient (Wildman–Crippen LogP) is 3.25. The normalized spacial score (nSPS) is 21.1. The van der Waals surface area contributed by atoms with Gasteiger partial charge in [0.05, 0.1) is 0 Å². The van der Waals surface area contributed by atoms with Gasteiger partial charge in [0.15, 0.2) is 0 Å². The van der Waals surface area contributed by atoms with Crippen LogP contribution in [-0.2, 0) is 6.42 Å². The molecule has 0 bridgehead atoms. The van der Waals surface area contributed by atoms with Gasteiger partial charge in [-0.2, -0.15) is 0 Å². The van der Waals surface area contributed by atoms with Crippen molar-refractivity contribution in [1.29, 1.82) is 0 Å². The number of nitrogens with one attached hydrogen (secondary N) is 1. The Balaban J connectivity index is 1.86. The summed E-state index contributed by atoms with van der Waals surface area (Å²) < 4.78 is 0. The highest BCUT2D eigenvalue weighted by Crippen LogP contribution is 2.12. The smallest absolute Gasteiger partial charge is 0.0197 e. The fraction of sp³-hybridized carbons (Fsp3) is 0.667.